The molecule has 2 unspecified atom stereocenters. The number of aliphatic hydroxyl groups is 1. The smallest absolute Gasteiger partial charge is 0.225 e. The molecule has 1 aliphatic rings. The minimum atomic E-state index is 0.282. The average Bonchev–Trinajstić information content (AvgIpc) is 2.93. The minimum Gasteiger partial charge on any atom is -0.396 e. The van der Waals surface area contributed by atoms with Gasteiger partial charge in [0, 0.05) is 13.2 Å². The first-order valence-corrected chi connectivity index (χ1v) is 8.29. The van der Waals surface area contributed by atoms with E-state index in [0.717, 1.165) is 29.0 Å². The van der Waals surface area contributed by atoms with Gasteiger partial charge in [-0.3, -0.25) is 0 Å². The molecule has 2 aromatic rings. The van der Waals surface area contributed by atoms with Gasteiger partial charge in [-0.2, -0.15) is 0 Å². The molecule has 2 heterocycles. The molecule has 2 atom stereocenters. The van der Waals surface area contributed by atoms with Gasteiger partial charge in [-0.1, -0.05) is 12.8 Å². The van der Waals surface area contributed by atoms with Gasteiger partial charge in [-0.05, 0) is 47.7 Å². The van der Waals surface area contributed by atoms with Gasteiger partial charge >= 0.3 is 0 Å². The third-order valence-corrected chi connectivity index (χ3v) is 5.11. The Bertz CT molecular complexity index is 589. The lowest BCUT2D eigenvalue weighted by atomic mass is 9.79. The summed E-state index contributed by atoms with van der Waals surface area (Å²) in [5, 5.41) is 16.2. The topological polar surface area (TPSA) is 58.0 Å². The number of fused-ring (bicyclic) bond motifs is 1. The van der Waals surface area contributed by atoms with Crippen LogP contribution in [0.4, 0.5) is 5.82 Å². The van der Waals surface area contributed by atoms with E-state index in [4.69, 9.17) is 11.6 Å². The number of aliphatic hydroxyl groups excluding tert-OH is 1. The second kappa shape index (κ2) is 6.24. The first-order valence-electron chi connectivity index (χ1n) is 7.03. The van der Waals surface area contributed by atoms with Crippen molar-refractivity contribution in [3.05, 3.63) is 16.7 Å². The van der Waals surface area contributed by atoms with E-state index in [-0.39, 0.29) is 11.9 Å². The molecule has 3 rings (SSSR count). The summed E-state index contributed by atoms with van der Waals surface area (Å²) >= 11 is 7.53. The second-order valence-corrected chi connectivity index (χ2v) is 6.58. The van der Waals surface area contributed by atoms with Crippen LogP contribution in [-0.4, -0.2) is 28.2 Å². The summed E-state index contributed by atoms with van der Waals surface area (Å²) in [4.78, 5) is 9.42. The molecule has 20 heavy (non-hydrogen) atoms. The number of hydrogen-bond donors (Lipinski definition) is 2. The zero-order valence-electron chi connectivity index (χ0n) is 11.2. The Kier molecular flexibility index (Phi) is 4.38. The molecule has 0 radical (unpaired) electrons. The quantitative estimate of drug-likeness (QED) is 0.848. The lowest BCUT2D eigenvalue weighted by molar-refractivity contribution is 0.141. The molecule has 6 heteroatoms. The Morgan fingerprint density at radius 1 is 1.30 bits per heavy atom. The predicted octanol–water partition coefficient (Wildman–Crippen LogP) is 3.56. The number of nitrogens with zero attached hydrogens (tertiary/aromatic N) is 2. The molecule has 2 aromatic heterocycles. The van der Waals surface area contributed by atoms with Crippen molar-refractivity contribution in [1.82, 2.24) is 9.97 Å². The third kappa shape index (κ3) is 2.90. The average molecular weight is 312 g/mol. The van der Waals surface area contributed by atoms with Crippen LogP contribution >= 0.6 is 22.9 Å². The van der Waals surface area contributed by atoms with E-state index in [1.807, 2.05) is 11.4 Å². The van der Waals surface area contributed by atoms with Crippen LogP contribution in [0.3, 0.4) is 0 Å². The van der Waals surface area contributed by atoms with Crippen LogP contribution in [0, 0.1) is 11.8 Å². The molecule has 1 fully saturated rings. The maximum Gasteiger partial charge on any atom is 0.225 e. The number of rotatable bonds is 4. The highest BCUT2D eigenvalue weighted by Crippen LogP contribution is 2.31. The normalized spacial score (nSPS) is 23.1. The van der Waals surface area contributed by atoms with Crippen LogP contribution in [0.1, 0.15) is 25.7 Å². The van der Waals surface area contributed by atoms with Crippen molar-refractivity contribution in [2.24, 2.45) is 11.8 Å². The Balaban J connectivity index is 1.74. The molecule has 1 aliphatic carbocycles. The van der Waals surface area contributed by atoms with E-state index in [1.165, 1.54) is 19.3 Å². The van der Waals surface area contributed by atoms with Gasteiger partial charge in [0.2, 0.25) is 5.28 Å². The fraction of sp³-hybridized carbons (Fsp3) is 0.571. The third-order valence-electron chi connectivity index (χ3n) is 4.13. The summed E-state index contributed by atoms with van der Waals surface area (Å²) in [6.45, 7) is 1.12. The summed E-state index contributed by atoms with van der Waals surface area (Å²) in [7, 11) is 0. The van der Waals surface area contributed by atoms with Gasteiger partial charge in [0.1, 0.15) is 10.6 Å². The van der Waals surface area contributed by atoms with Crippen molar-refractivity contribution < 1.29 is 5.11 Å². The van der Waals surface area contributed by atoms with Crippen molar-refractivity contribution >= 4 is 39.0 Å². The van der Waals surface area contributed by atoms with Crippen LogP contribution in [0.25, 0.3) is 10.2 Å². The van der Waals surface area contributed by atoms with Gasteiger partial charge in [0.25, 0.3) is 0 Å². The highest BCUT2D eigenvalue weighted by molar-refractivity contribution is 7.16. The summed E-state index contributed by atoms with van der Waals surface area (Å²) in [6.07, 6.45) is 4.78. The second-order valence-electron chi connectivity index (χ2n) is 5.35. The Morgan fingerprint density at radius 2 is 2.10 bits per heavy atom. The number of halogens is 1. The largest absolute Gasteiger partial charge is 0.396 e. The van der Waals surface area contributed by atoms with Crippen LogP contribution in [0.2, 0.25) is 5.28 Å². The standard InChI is InChI=1S/C14H18ClN3OS/c15-14-17-12(11-5-6-20-13(11)18-14)16-7-9-3-1-2-4-10(9)8-19/h5-6,9-10,19H,1-4,7-8H2,(H,16,17,18). The van der Waals surface area contributed by atoms with E-state index in [0.29, 0.717) is 11.8 Å². The van der Waals surface area contributed by atoms with E-state index in [2.05, 4.69) is 15.3 Å². The molecule has 0 saturated heterocycles. The van der Waals surface area contributed by atoms with Gasteiger partial charge in [0.05, 0.1) is 5.39 Å². The number of nitrogens with one attached hydrogen (secondary N) is 1. The van der Waals surface area contributed by atoms with Crippen molar-refractivity contribution in [2.75, 3.05) is 18.5 Å². The zero-order valence-corrected chi connectivity index (χ0v) is 12.8. The lowest BCUT2D eigenvalue weighted by Crippen LogP contribution is -2.28. The Labute approximate surface area is 127 Å². The van der Waals surface area contributed by atoms with Gasteiger partial charge < -0.3 is 10.4 Å². The van der Waals surface area contributed by atoms with Crippen LogP contribution < -0.4 is 5.32 Å². The number of aromatic nitrogens is 2. The molecule has 4 nitrogen and oxygen atoms in total. The van der Waals surface area contributed by atoms with E-state index in [1.54, 1.807) is 11.3 Å². The summed E-state index contributed by atoms with van der Waals surface area (Å²) < 4.78 is 0. The summed E-state index contributed by atoms with van der Waals surface area (Å²) in [5.41, 5.74) is 0. The first-order chi connectivity index (χ1) is 9.78. The van der Waals surface area contributed by atoms with Crippen molar-refractivity contribution in [3.63, 3.8) is 0 Å². The highest BCUT2D eigenvalue weighted by Gasteiger charge is 2.24. The molecular weight excluding hydrogens is 294 g/mol. The van der Waals surface area contributed by atoms with Gasteiger partial charge in [-0.25, -0.2) is 9.97 Å². The molecule has 2 N–H and O–H groups in total. The fourth-order valence-electron chi connectivity index (χ4n) is 2.99. The Morgan fingerprint density at radius 3 is 2.90 bits per heavy atom. The Hall–Kier alpha value is -0.910. The summed E-state index contributed by atoms with van der Waals surface area (Å²) in [5.74, 6) is 1.73. The molecule has 1 saturated carbocycles. The first kappa shape index (κ1) is 14.0. The minimum absolute atomic E-state index is 0.282. The molecule has 0 aromatic carbocycles. The van der Waals surface area contributed by atoms with Crippen molar-refractivity contribution in [3.8, 4) is 0 Å². The molecular formula is C14H18ClN3OS. The van der Waals surface area contributed by atoms with E-state index < -0.39 is 0 Å². The SMILES string of the molecule is OCC1CCCCC1CNc1nc(Cl)nc2sccc12. The van der Waals surface area contributed by atoms with E-state index in [9.17, 15) is 5.11 Å². The van der Waals surface area contributed by atoms with E-state index >= 15 is 0 Å². The van der Waals surface area contributed by atoms with Crippen molar-refractivity contribution in [2.45, 2.75) is 25.7 Å². The summed E-state index contributed by atoms with van der Waals surface area (Å²) in [6, 6.07) is 2.02. The van der Waals surface area contributed by atoms with Gasteiger partial charge in [0.15, 0.2) is 0 Å². The van der Waals surface area contributed by atoms with Crippen LogP contribution in [0.15, 0.2) is 11.4 Å². The molecule has 0 bridgehead atoms. The molecule has 108 valence electrons. The molecule has 0 amide bonds. The van der Waals surface area contributed by atoms with Gasteiger partial charge in [-0.15, -0.1) is 11.3 Å². The monoisotopic (exact) mass is 311 g/mol. The lowest BCUT2D eigenvalue weighted by Gasteiger charge is -2.30. The van der Waals surface area contributed by atoms with Crippen LogP contribution in [0.5, 0.6) is 0 Å². The predicted molar refractivity (Wildman–Crippen MR) is 83.4 cm³/mol. The zero-order chi connectivity index (χ0) is 13.9. The number of anilines is 1. The highest BCUT2D eigenvalue weighted by atomic mass is 35.5. The molecule has 0 spiro atoms. The van der Waals surface area contributed by atoms with Crippen molar-refractivity contribution in [1.29, 1.82) is 0 Å². The van der Waals surface area contributed by atoms with Crippen LogP contribution in [-0.2, 0) is 0 Å². The number of thiophene rings is 1. The number of hydrogen-bond acceptors (Lipinski definition) is 5. The fourth-order valence-corrected chi connectivity index (χ4v) is 3.97. The maximum absolute atomic E-state index is 9.47. The molecule has 0 aliphatic heterocycles. The maximum atomic E-state index is 9.47.